The highest BCUT2D eigenvalue weighted by Gasteiger charge is 2.09. The number of hydrogen-bond donors (Lipinski definition) is 2. The van der Waals surface area contributed by atoms with Crippen LogP contribution in [0.15, 0.2) is 24.3 Å². The summed E-state index contributed by atoms with van der Waals surface area (Å²) in [6.45, 7) is 4.75. The van der Waals surface area contributed by atoms with E-state index in [2.05, 4.69) is 19.2 Å². The Morgan fingerprint density at radius 3 is 2.30 bits per heavy atom. The summed E-state index contributed by atoms with van der Waals surface area (Å²) < 4.78 is 5.13. The molecule has 0 aliphatic rings. The number of nitrogens with one attached hydrogen (secondary N) is 1. The number of rotatable bonds is 8. The third kappa shape index (κ3) is 5.30. The molecule has 110 valence electrons. The predicted octanol–water partition coefficient (Wildman–Crippen LogP) is 1.72. The summed E-state index contributed by atoms with van der Waals surface area (Å²) in [7, 11) is 0. The van der Waals surface area contributed by atoms with E-state index in [1.54, 1.807) is 24.3 Å². The Morgan fingerprint density at radius 1 is 1.20 bits per heavy atom. The van der Waals surface area contributed by atoms with Gasteiger partial charge in [-0.2, -0.15) is 0 Å². The molecule has 20 heavy (non-hydrogen) atoms. The number of nitrogens with two attached hydrogens (primary N) is 1. The fourth-order valence-corrected chi connectivity index (χ4v) is 1.77. The number of primary amides is 1. The Kier molecular flexibility index (Phi) is 6.56. The monoisotopic (exact) mass is 278 g/mol. The van der Waals surface area contributed by atoms with Crippen LogP contribution in [-0.4, -0.2) is 25.0 Å². The molecule has 0 aliphatic carbocycles. The van der Waals surface area contributed by atoms with E-state index >= 15 is 0 Å². The summed E-state index contributed by atoms with van der Waals surface area (Å²) in [6, 6.07) is 6.63. The molecule has 2 amide bonds. The van der Waals surface area contributed by atoms with Gasteiger partial charge < -0.3 is 15.8 Å². The lowest BCUT2D eigenvalue weighted by Gasteiger charge is -2.13. The number of carbonyl (C=O) groups excluding carboxylic acids is 2. The molecule has 5 heteroatoms. The Bertz CT molecular complexity index is 439. The molecule has 5 nitrogen and oxygen atoms in total. The van der Waals surface area contributed by atoms with Crippen LogP contribution in [0.2, 0.25) is 0 Å². The molecule has 0 heterocycles. The lowest BCUT2D eigenvalue weighted by Crippen LogP contribution is -2.28. The Morgan fingerprint density at radius 2 is 1.80 bits per heavy atom. The van der Waals surface area contributed by atoms with Gasteiger partial charge in [0.2, 0.25) is 0 Å². The van der Waals surface area contributed by atoms with Gasteiger partial charge in [-0.3, -0.25) is 9.59 Å². The van der Waals surface area contributed by atoms with Crippen LogP contribution in [0.1, 0.15) is 37.0 Å². The van der Waals surface area contributed by atoms with Gasteiger partial charge in [0.1, 0.15) is 5.75 Å². The molecule has 0 fully saturated rings. The SMILES string of the molecule is CCC(CC)CNC(=O)c1ccc(OCC(N)=O)cc1. The van der Waals surface area contributed by atoms with Crippen molar-refractivity contribution in [3.05, 3.63) is 29.8 Å². The summed E-state index contributed by atoms with van der Waals surface area (Å²) in [5.74, 6) is 0.396. The van der Waals surface area contributed by atoms with E-state index in [0.29, 0.717) is 23.8 Å². The molecule has 0 atom stereocenters. The van der Waals surface area contributed by atoms with Gasteiger partial charge in [-0.15, -0.1) is 0 Å². The second-order valence-corrected chi connectivity index (χ2v) is 4.67. The highest BCUT2D eigenvalue weighted by molar-refractivity contribution is 5.94. The van der Waals surface area contributed by atoms with E-state index in [0.717, 1.165) is 12.8 Å². The summed E-state index contributed by atoms with van der Waals surface area (Å²) in [6.07, 6.45) is 2.10. The second kappa shape index (κ2) is 8.19. The van der Waals surface area contributed by atoms with Crippen molar-refractivity contribution < 1.29 is 14.3 Å². The highest BCUT2D eigenvalue weighted by atomic mass is 16.5. The lowest BCUT2D eigenvalue weighted by molar-refractivity contribution is -0.119. The first-order valence-corrected chi connectivity index (χ1v) is 6.86. The topological polar surface area (TPSA) is 81.4 Å². The minimum absolute atomic E-state index is 0.0987. The van der Waals surface area contributed by atoms with E-state index in [9.17, 15) is 9.59 Å². The van der Waals surface area contributed by atoms with E-state index in [-0.39, 0.29) is 12.5 Å². The average Bonchev–Trinajstić information content (AvgIpc) is 2.46. The standard InChI is InChI=1S/C15H22N2O3/c1-3-11(4-2)9-17-15(19)12-5-7-13(8-6-12)20-10-14(16)18/h5-8,11H,3-4,9-10H2,1-2H3,(H2,16,18)(H,17,19). The van der Waals surface area contributed by atoms with Crippen LogP contribution >= 0.6 is 0 Å². The van der Waals surface area contributed by atoms with Crippen molar-refractivity contribution in [3.63, 3.8) is 0 Å². The third-order valence-electron chi connectivity index (χ3n) is 3.20. The molecule has 0 radical (unpaired) electrons. The normalized spacial score (nSPS) is 10.3. The maximum Gasteiger partial charge on any atom is 0.255 e. The molecule has 0 aromatic heterocycles. The van der Waals surface area contributed by atoms with Gasteiger partial charge in [-0.1, -0.05) is 26.7 Å². The maximum atomic E-state index is 11.9. The summed E-state index contributed by atoms with van der Waals surface area (Å²) in [5.41, 5.74) is 5.56. The fourth-order valence-electron chi connectivity index (χ4n) is 1.77. The first-order valence-electron chi connectivity index (χ1n) is 6.86. The van der Waals surface area contributed by atoms with Crippen LogP contribution < -0.4 is 15.8 Å². The minimum Gasteiger partial charge on any atom is -0.484 e. The van der Waals surface area contributed by atoms with Crippen LogP contribution in [0.5, 0.6) is 5.75 Å². The number of hydrogen-bond acceptors (Lipinski definition) is 3. The molecule has 0 unspecified atom stereocenters. The van der Waals surface area contributed by atoms with Gasteiger partial charge >= 0.3 is 0 Å². The number of carbonyl (C=O) groups is 2. The van der Waals surface area contributed by atoms with Crippen LogP contribution in [0, 0.1) is 5.92 Å². The summed E-state index contributed by atoms with van der Waals surface area (Å²) in [4.78, 5) is 22.5. The molecular formula is C15H22N2O3. The molecule has 1 aromatic rings. The van der Waals surface area contributed by atoms with Crippen LogP contribution in [-0.2, 0) is 4.79 Å². The lowest BCUT2D eigenvalue weighted by atomic mass is 10.0. The van der Waals surface area contributed by atoms with Crippen LogP contribution in [0.4, 0.5) is 0 Å². The maximum absolute atomic E-state index is 11.9. The van der Waals surface area contributed by atoms with Crippen LogP contribution in [0.25, 0.3) is 0 Å². The van der Waals surface area contributed by atoms with E-state index in [4.69, 9.17) is 10.5 Å². The highest BCUT2D eigenvalue weighted by Crippen LogP contribution is 2.12. The summed E-state index contributed by atoms with van der Waals surface area (Å²) in [5, 5.41) is 2.92. The van der Waals surface area contributed by atoms with E-state index in [1.807, 2.05) is 0 Å². The van der Waals surface area contributed by atoms with Crippen molar-refractivity contribution in [2.45, 2.75) is 26.7 Å². The van der Waals surface area contributed by atoms with Crippen molar-refractivity contribution in [2.75, 3.05) is 13.2 Å². The zero-order chi connectivity index (χ0) is 15.0. The smallest absolute Gasteiger partial charge is 0.255 e. The Hall–Kier alpha value is -2.04. The third-order valence-corrected chi connectivity index (χ3v) is 3.20. The van der Waals surface area contributed by atoms with E-state index < -0.39 is 5.91 Å². The van der Waals surface area contributed by atoms with Crippen molar-refractivity contribution in [1.29, 1.82) is 0 Å². The van der Waals surface area contributed by atoms with Gasteiger partial charge in [0.15, 0.2) is 6.61 Å². The number of ether oxygens (including phenoxy) is 1. The number of amides is 2. The van der Waals surface area contributed by atoms with Crippen molar-refractivity contribution in [3.8, 4) is 5.75 Å². The Labute approximate surface area is 119 Å². The molecule has 1 aromatic carbocycles. The van der Waals surface area contributed by atoms with Gasteiger partial charge in [-0.05, 0) is 30.2 Å². The first-order chi connectivity index (χ1) is 9.56. The van der Waals surface area contributed by atoms with Crippen molar-refractivity contribution >= 4 is 11.8 Å². The summed E-state index contributed by atoms with van der Waals surface area (Å²) >= 11 is 0. The molecule has 0 saturated carbocycles. The molecule has 0 bridgehead atoms. The van der Waals surface area contributed by atoms with Gasteiger partial charge in [0.25, 0.3) is 11.8 Å². The van der Waals surface area contributed by atoms with Gasteiger partial charge in [0, 0.05) is 12.1 Å². The first kappa shape index (κ1) is 16.0. The Balaban J connectivity index is 2.50. The molecule has 0 spiro atoms. The largest absolute Gasteiger partial charge is 0.484 e. The molecule has 1 rings (SSSR count). The number of benzene rings is 1. The fraction of sp³-hybridized carbons (Fsp3) is 0.467. The van der Waals surface area contributed by atoms with Crippen LogP contribution in [0.3, 0.4) is 0 Å². The quantitative estimate of drug-likeness (QED) is 0.759. The molecular weight excluding hydrogens is 256 g/mol. The molecule has 0 saturated heterocycles. The minimum atomic E-state index is -0.531. The molecule has 3 N–H and O–H groups in total. The average molecular weight is 278 g/mol. The van der Waals surface area contributed by atoms with E-state index in [1.165, 1.54) is 0 Å². The van der Waals surface area contributed by atoms with Crippen molar-refractivity contribution in [2.24, 2.45) is 11.7 Å². The zero-order valence-corrected chi connectivity index (χ0v) is 12.0. The van der Waals surface area contributed by atoms with Crippen molar-refractivity contribution in [1.82, 2.24) is 5.32 Å². The predicted molar refractivity (Wildman–Crippen MR) is 77.5 cm³/mol. The molecule has 0 aliphatic heterocycles. The van der Waals surface area contributed by atoms with Gasteiger partial charge in [0.05, 0.1) is 0 Å². The zero-order valence-electron chi connectivity index (χ0n) is 12.0. The van der Waals surface area contributed by atoms with Gasteiger partial charge in [-0.25, -0.2) is 0 Å². The second-order valence-electron chi connectivity index (χ2n) is 4.67.